The lowest BCUT2D eigenvalue weighted by Gasteiger charge is -2.08. The molecule has 0 saturated heterocycles. The molecule has 1 aromatic heterocycles. The average Bonchev–Trinajstić information content (AvgIpc) is 2.87. The maximum Gasteiger partial charge on any atom is 0.337 e. The molecule has 116 valence electrons. The van der Waals surface area contributed by atoms with Crippen LogP contribution in [0.2, 0.25) is 0 Å². The summed E-state index contributed by atoms with van der Waals surface area (Å²) < 4.78 is 6.95. The summed E-state index contributed by atoms with van der Waals surface area (Å²) >= 11 is 0. The third-order valence-electron chi connectivity index (χ3n) is 3.61. The van der Waals surface area contributed by atoms with Gasteiger partial charge in [0.2, 0.25) is 0 Å². The third kappa shape index (κ3) is 3.45. The largest absolute Gasteiger partial charge is 0.465 e. The molecule has 0 aliphatic heterocycles. The number of carbonyl (C=O) groups excluding carboxylic acids is 1. The van der Waals surface area contributed by atoms with Gasteiger partial charge in [0.05, 0.1) is 18.4 Å². The zero-order valence-corrected chi connectivity index (χ0v) is 13.8. The number of carbonyl (C=O) groups is 1. The molecule has 0 amide bonds. The Morgan fingerprint density at radius 2 is 2.00 bits per heavy atom. The highest BCUT2D eigenvalue weighted by atomic mass is 16.5. The van der Waals surface area contributed by atoms with Crippen molar-refractivity contribution >= 4 is 17.9 Å². The van der Waals surface area contributed by atoms with Crippen LogP contribution in [0.3, 0.4) is 0 Å². The van der Waals surface area contributed by atoms with Gasteiger partial charge in [0.1, 0.15) is 0 Å². The number of aromatic nitrogens is 1. The van der Waals surface area contributed by atoms with Crippen molar-refractivity contribution in [2.45, 2.75) is 33.7 Å². The van der Waals surface area contributed by atoms with E-state index >= 15 is 0 Å². The molecule has 0 radical (unpaired) electrons. The van der Waals surface area contributed by atoms with Crippen LogP contribution >= 0.6 is 0 Å². The Balaban J connectivity index is 2.30. The Morgan fingerprint density at radius 1 is 1.27 bits per heavy atom. The van der Waals surface area contributed by atoms with Gasteiger partial charge in [-0.25, -0.2) is 4.79 Å². The monoisotopic (exact) mass is 298 g/mol. The smallest absolute Gasteiger partial charge is 0.337 e. The third-order valence-corrected chi connectivity index (χ3v) is 3.61. The van der Waals surface area contributed by atoms with E-state index < -0.39 is 0 Å². The maximum atomic E-state index is 11.6. The van der Waals surface area contributed by atoms with E-state index in [2.05, 4.69) is 42.6 Å². The lowest BCUT2D eigenvalue weighted by atomic mass is 10.1. The van der Waals surface area contributed by atoms with Crippen molar-refractivity contribution in [1.29, 1.82) is 0 Å². The molecule has 0 spiro atoms. The number of methoxy groups -OCH3 is 1. The number of aryl methyl sites for hydroxylation is 2. The summed E-state index contributed by atoms with van der Waals surface area (Å²) in [6.07, 6.45) is 3.91. The maximum absolute atomic E-state index is 11.6. The summed E-state index contributed by atoms with van der Waals surface area (Å²) in [7, 11) is 1.38. The quantitative estimate of drug-likeness (QED) is 0.626. The lowest BCUT2D eigenvalue weighted by molar-refractivity contribution is 0.0601. The van der Waals surface area contributed by atoms with E-state index in [0.717, 1.165) is 16.8 Å². The molecule has 2 aromatic rings. The average molecular weight is 298 g/mol. The minimum atomic E-state index is -0.349. The molecule has 2 rings (SSSR count). The van der Waals surface area contributed by atoms with Gasteiger partial charge in [-0.05, 0) is 51.5 Å². The second kappa shape index (κ2) is 6.60. The predicted molar refractivity (Wildman–Crippen MR) is 89.3 cm³/mol. The Kier molecular flexibility index (Phi) is 4.81. The van der Waals surface area contributed by atoms with Gasteiger partial charge in [0.25, 0.3) is 0 Å². The zero-order chi connectivity index (χ0) is 16.3. The van der Waals surface area contributed by atoms with Crippen molar-refractivity contribution in [3.8, 4) is 0 Å². The fraction of sp³-hybridized carbons (Fsp3) is 0.333. The van der Waals surface area contributed by atoms with Gasteiger partial charge in [-0.15, -0.1) is 0 Å². The number of hydrogen-bond donors (Lipinski definition) is 0. The van der Waals surface area contributed by atoms with Crippen molar-refractivity contribution in [1.82, 2.24) is 4.57 Å². The highest BCUT2D eigenvalue weighted by Crippen LogP contribution is 2.21. The normalized spacial score (nSPS) is 11.4. The number of benzene rings is 1. The standard InChI is InChI=1S/C18H22N2O2/c1-12(2)20-11-15(8-14(20)4)10-19-17-9-16(18(21)22-5)7-6-13(17)3/h6-12H,1-5H3. The van der Waals surface area contributed by atoms with Crippen LogP contribution in [-0.2, 0) is 4.74 Å². The molecule has 4 heteroatoms. The molecule has 0 unspecified atom stereocenters. The zero-order valence-electron chi connectivity index (χ0n) is 13.8. The number of ether oxygens (including phenoxy) is 1. The van der Waals surface area contributed by atoms with Crippen molar-refractivity contribution < 1.29 is 9.53 Å². The van der Waals surface area contributed by atoms with Crippen LogP contribution in [0.5, 0.6) is 0 Å². The van der Waals surface area contributed by atoms with E-state index in [9.17, 15) is 4.79 Å². The minimum absolute atomic E-state index is 0.349. The van der Waals surface area contributed by atoms with Gasteiger partial charge in [-0.3, -0.25) is 4.99 Å². The van der Waals surface area contributed by atoms with Crippen molar-refractivity contribution in [3.63, 3.8) is 0 Å². The van der Waals surface area contributed by atoms with Crippen LogP contribution in [0.4, 0.5) is 5.69 Å². The van der Waals surface area contributed by atoms with E-state index in [4.69, 9.17) is 4.74 Å². The van der Waals surface area contributed by atoms with Crippen LogP contribution in [0.25, 0.3) is 0 Å². The molecule has 1 heterocycles. The number of nitrogens with zero attached hydrogens (tertiary/aromatic N) is 2. The number of rotatable bonds is 4. The van der Waals surface area contributed by atoms with Gasteiger partial charge in [0.15, 0.2) is 0 Å². The highest BCUT2D eigenvalue weighted by molar-refractivity contribution is 5.91. The first-order valence-electron chi connectivity index (χ1n) is 7.34. The summed E-state index contributed by atoms with van der Waals surface area (Å²) in [6.45, 7) is 8.36. The number of hydrogen-bond acceptors (Lipinski definition) is 3. The fourth-order valence-electron chi connectivity index (χ4n) is 2.38. The van der Waals surface area contributed by atoms with E-state index in [0.29, 0.717) is 11.6 Å². The van der Waals surface area contributed by atoms with Crippen LogP contribution in [0, 0.1) is 13.8 Å². The van der Waals surface area contributed by atoms with Crippen LogP contribution < -0.4 is 0 Å². The summed E-state index contributed by atoms with van der Waals surface area (Å²) in [5, 5.41) is 0. The summed E-state index contributed by atoms with van der Waals surface area (Å²) in [4.78, 5) is 16.1. The van der Waals surface area contributed by atoms with Gasteiger partial charge >= 0.3 is 5.97 Å². The molecule has 0 N–H and O–H groups in total. The highest BCUT2D eigenvalue weighted by Gasteiger charge is 2.08. The Morgan fingerprint density at radius 3 is 2.59 bits per heavy atom. The first-order valence-corrected chi connectivity index (χ1v) is 7.34. The van der Waals surface area contributed by atoms with E-state index in [1.165, 1.54) is 12.8 Å². The second-order valence-electron chi connectivity index (χ2n) is 5.67. The first-order chi connectivity index (χ1) is 10.4. The van der Waals surface area contributed by atoms with Crippen molar-refractivity contribution in [2.75, 3.05) is 7.11 Å². The molecule has 0 aliphatic carbocycles. The lowest BCUT2D eigenvalue weighted by Crippen LogP contribution is -2.00. The number of esters is 1. The van der Waals surface area contributed by atoms with Crippen LogP contribution in [0.15, 0.2) is 35.5 Å². The second-order valence-corrected chi connectivity index (χ2v) is 5.67. The molecule has 0 fully saturated rings. The van der Waals surface area contributed by atoms with Crippen molar-refractivity contribution in [3.05, 3.63) is 52.8 Å². The molecule has 22 heavy (non-hydrogen) atoms. The summed E-state index contributed by atoms with van der Waals surface area (Å²) in [5.74, 6) is -0.349. The predicted octanol–water partition coefficient (Wildman–Crippen LogP) is 4.22. The number of aliphatic imine (C=N–C) groups is 1. The Labute approximate surface area is 131 Å². The molecular weight excluding hydrogens is 276 g/mol. The molecular formula is C18H22N2O2. The Hall–Kier alpha value is -2.36. The molecule has 1 aromatic carbocycles. The van der Waals surface area contributed by atoms with Crippen LogP contribution in [0.1, 0.15) is 47.1 Å². The molecule has 4 nitrogen and oxygen atoms in total. The van der Waals surface area contributed by atoms with Gasteiger partial charge in [-0.1, -0.05) is 6.07 Å². The SMILES string of the molecule is COC(=O)c1ccc(C)c(N=Cc2cc(C)n(C(C)C)c2)c1. The van der Waals surface area contributed by atoms with E-state index in [1.807, 2.05) is 19.2 Å². The summed E-state index contributed by atoms with van der Waals surface area (Å²) in [5.41, 5.74) is 4.56. The summed E-state index contributed by atoms with van der Waals surface area (Å²) in [6, 6.07) is 7.90. The van der Waals surface area contributed by atoms with Gasteiger partial charge in [0, 0.05) is 29.7 Å². The minimum Gasteiger partial charge on any atom is -0.465 e. The Bertz CT molecular complexity index is 712. The fourth-order valence-corrected chi connectivity index (χ4v) is 2.38. The molecule has 0 aliphatic rings. The van der Waals surface area contributed by atoms with E-state index in [1.54, 1.807) is 12.1 Å². The van der Waals surface area contributed by atoms with Crippen LogP contribution in [-0.4, -0.2) is 23.9 Å². The van der Waals surface area contributed by atoms with Gasteiger partial charge < -0.3 is 9.30 Å². The van der Waals surface area contributed by atoms with E-state index in [-0.39, 0.29) is 5.97 Å². The first kappa shape index (κ1) is 16.0. The topological polar surface area (TPSA) is 43.6 Å². The molecule has 0 saturated carbocycles. The molecule has 0 bridgehead atoms. The van der Waals surface area contributed by atoms with Gasteiger partial charge in [-0.2, -0.15) is 0 Å². The van der Waals surface area contributed by atoms with Crippen molar-refractivity contribution in [2.24, 2.45) is 4.99 Å². The molecule has 0 atom stereocenters.